The lowest BCUT2D eigenvalue weighted by Crippen LogP contribution is -2.55. The van der Waals surface area contributed by atoms with Gasteiger partial charge < -0.3 is 11.5 Å². The first-order chi connectivity index (χ1) is 6.26. The number of alkyl halides is 3. The Morgan fingerprint density at radius 3 is 2.07 bits per heavy atom. The van der Waals surface area contributed by atoms with Gasteiger partial charge in [0.25, 0.3) is 0 Å². The first-order valence-electron chi connectivity index (χ1n) is 4.87. The zero-order valence-electron chi connectivity index (χ0n) is 8.27. The maximum atomic E-state index is 12.5. The van der Waals surface area contributed by atoms with Crippen LogP contribution < -0.4 is 11.5 Å². The van der Waals surface area contributed by atoms with Crippen LogP contribution in [0.1, 0.15) is 32.6 Å². The lowest BCUT2D eigenvalue weighted by Gasteiger charge is -2.41. The van der Waals surface area contributed by atoms with E-state index in [1.165, 1.54) is 0 Å². The van der Waals surface area contributed by atoms with Crippen LogP contribution in [0.15, 0.2) is 0 Å². The normalized spacial score (nSPS) is 36.9. The monoisotopic (exact) mass is 210 g/mol. The van der Waals surface area contributed by atoms with E-state index in [4.69, 9.17) is 11.5 Å². The van der Waals surface area contributed by atoms with E-state index in [0.29, 0.717) is 25.7 Å². The Labute approximate surface area is 81.8 Å². The van der Waals surface area contributed by atoms with Crippen LogP contribution in [-0.2, 0) is 0 Å². The molecule has 0 aromatic rings. The summed E-state index contributed by atoms with van der Waals surface area (Å²) in [6, 6.07) is 0.0205. The Kier molecular flexibility index (Phi) is 3.11. The van der Waals surface area contributed by atoms with E-state index in [2.05, 4.69) is 0 Å². The Morgan fingerprint density at radius 1 is 1.29 bits per heavy atom. The van der Waals surface area contributed by atoms with Crippen molar-refractivity contribution in [1.82, 2.24) is 0 Å². The summed E-state index contributed by atoms with van der Waals surface area (Å²) in [4.78, 5) is 0. The lowest BCUT2D eigenvalue weighted by molar-refractivity contribution is -0.190. The first-order valence-corrected chi connectivity index (χ1v) is 4.87. The van der Waals surface area contributed by atoms with Gasteiger partial charge in [0.05, 0.1) is 5.92 Å². The molecule has 0 aliphatic heterocycles. The highest BCUT2D eigenvalue weighted by Gasteiger charge is 2.49. The number of halogens is 3. The number of rotatable bonds is 1. The number of hydrogen-bond donors (Lipinski definition) is 2. The van der Waals surface area contributed by atoms with E-state index in [1.807, 2.05) is 0 Å². The zero-order chi connectivity index (χ0) is 11.0. The summed E-state index contributed by atoms with van der Waals surface area (Å²) in [5, 5.41) is 0. The van der Waals surface area contributed by atoms with Gasteiger partial charge in [0, 0.05) is 11.6 Å². The number of hydrogen-bond acceptors (Lipinski definition) is 2. The highest BCUT2D eigenvalue weighted by molar-refractivity contribution is 4.97. The number of nitrogens with two attached hydrogens (primary N) is 2. The molecule has 0 heterocycles. The van der Waals surface area contributed by atoms with E-state index in [-0.39, 0.29) is 6.04 Å². The van der Waals surface area contributed by atoms with Crippen molar-refractivity contribution in [1.29, 1.82) is 0 Å². The van der Waals surface area contributed by atoms with Crippen LogP contribution in [0.5, 0.6) is 0 Å². The van der Waals surface area contributed by atoms with Gasteiger partial charge in [-0.2, -0.15) is 13.2 Å². The van der Waals surface area contributed by atoms with Crippen LogP contribution in [-0.4, -0.2) is 17.8 Å². The molecule has 0 amide bonds. The third-order valence-electron chi connectivity index (χ3n) is 3.31. The van der Waals surface area contributed by atoms with Gasteiger partial charge in [-0.1, -0.05) is 6.92 Å². The summed E-state index contributed by atoms with van der Waals surface area (Å²) in [5.41, 5.74) is 10.3. The second-order valence-corrected chi connectivity index (χ2v) is 4.33. The summed E-state index contributed by atoms with van der Waals surface area (Å²) < 4.78 is 37.4. The molecule has 84 valence electrons. The Bertz CT molecular complexity index is 195. The molecule has 1 saturated carbocycles. The Morgan fingerprint density at radius 2 is 1.71 bits per heavy atom. The van der Waals surface area contributed by atoms with Crippen molar-refractivity contribution in [3.63, 3.8) is 0 Å². The SMILES string of the molecule is C[C@H](C(F)(F)F)C1(N)CCC(N)CC1. The van der Waals surface area contributed by atoms with Crippen LogP contribution in [0.3, 0.4) is 0 Å². The van der Waals surface area contributed by atoms with E-state index in [0.717, 1.165) is 6.92 Å². The molecule has 14 heavy (non-hydrogen) atoms. The molecule has 1 aliphatic carbocycles. The molecule has 0 aromatic heterocycles. The fourth-order valence-electron chi connectivity index (χ4n) is 1.94. The lowest BCUT2D eigenvalue weighted by atomic mass is 9.72. The molecule has 4 N–H and O–H groups in total. The molecule has 0 radical (unpaired) electrons. The van der Waals surface area contributed by atoms with Crippen molar-refractivity contribution in [3.8, 4) is 0 Å². The van der Waals surface area contributed by atoms with Gasteiger partial charge in [0.1, 0.15) is 0 Å². The summed E-state index contributed by atoms with van der Waals surface area (Å²) in [5.74, 6) is -1.44. The second-order valence-electron chi connectivity index (χ2n) is 4.33. The minimum Gasteiger partial charge on any atom is -0.328 e. The van der Waals surface area contributed by atoms with E-state index in [9.17, 15) is 13.2 Å². The van der Waals surface area contributed by atoms with Crippen LogP contribution in [0.2, 0.25) is 0 Å². The largest absolute Gasteiger partial charge is 0.393 e. The molecule has 0 unspecified atom stereocenters. The molecular weight excluding hydrogens is 193 g/mol. The Hall–Kier alpha value is -0.290. The van der Waals surface area contributed by atoms with Crippen LogP contribution in [0.4, 0.5) is 13.2 Å². The van der Waals surface area contributed by atoms with Gasteiger partial charge in [-0.25, -0.2) is 0 Å². The first kappa shape index (κ1) is 11.8. The van der Waals surface area contributed by atoms with E-state index >= 15 is 0 Å². The van der Waals surface area contributed by atoms with Gasteiger partial charge in [-0.05, 0) is 25.7 Å². The van der Waals surface area contributed by atoms with Crippen molar-refractivity contribution in [3.05, 3.63) is 0 Å². The van der Waals surface area contributed by atoms with Gasteiger partial charge in [-0.3, -0.25) is 0 Å². The van der Waals surface area contributed by atoms with Crippen LogP contribution in [0.25, 0.3) is 0 Å². The third kappa shape index (κ3) is 2.39. The molecule has 1 atom stereocenters. The van der Waals surface area contributed by atoms with E-state index in [1.54, 1.807) is 0 Å². The highest BCUT2D eigenvalue weighted by atomic mass is 19.4. The molecule has 0 saturated heterocycles. The van der Waals surface area contributed by atoms with Crippen molar-refractivity contribution >= 4 is 0 Å². The molecule has 1 aliphatic rings. The molecule has 5 heteroatoms. The molecule has 1 fully saturated rings. The third-order valence-corrected chi connectivity index (χ3v) is 3.31. The zero-order valence-corrected chi connectivity index (χ0v) is 8.27. The second kappa shape index (κ2) is 3.70. The van der Waals surface area contributed by atoms with Crippen LogP contribution in [0, 0.1) is 5.92 Å². The summed E-state index contributed by atoms with van der Waals surface area (Å²) in [6.07, 6.45) is -2.27. The molecule has 0 spiro atoms. The minimum atomic E-state index is -4.20. The van der Waals surface area contributed by atoms with E-state index < -0.39 is 17.6 Å². The summed E-state index contributed by atoms with van der Waals surface area (Å²) >= 11 is 0. The fraction of sp³-hybridized carbons (Fsp3) is 1.00. The molecule has 1 rings (SSSR count). The molecule has 0 aromatic carbocycles. The summed E-state index contributed by atoms with van der Waals surface area (Å²) in [6.45, 7) is 1.16. The minimum absolute atomic E-state index is 0.0205. The molecule has 0 bridgehead atoms. The van der Waals surface area contributed by atoms with Crippen molar-refractivity contribution in [2.75, 3.05) is 0 Å². The molecule has 2 nitrogen and oxygen atoms in total. The van der Waals surface area contributed by atoms with Gasteiger partial charge >= 0.3 is 6.18 Å². The van der Waals surface area contributed by atoms with Gasteiger partial charge in [0.2, 0.25) is 0 Å². The fourth-order valence-corrected chi connectivity index (χ4v) is 1.94. The molecular formula is C9H17F3N2. The maximum Gasteiger partial charge on any atom is 0.393 e. The highest BCUT2D eigenvalue weighted by Crippen LogP contribution is 2.40. The van der Waals surface area contributed by atoms with Crippen molar-refractivity contribution in [2.24, 2.45) is 17.4 Å². The Balaban J connectivity index is 2.66. The quantitative estimate of drug-likeness (QED) is 0.693. The average molecular weight is 210 g/mol. The predicted molar refractivity (Wildman–Crippen MR) is 48.6 cm³/mol. The maximum absolute atomic E-state index is 12.5. The van der Waals surface area contributed by atoms with Gasteiger partial charge in [-0.15, -0.1) is 0 Å². The smallest absolute Gasteiger partial charge is 0.328 e. The van der Waals surface area contributed by atoms with Gasteiger partial charge in [0.15, 0.2) is 0 Å². The summed E-state index contributed by atoms with van der Waals surface area (Å²) in [7, 11) is 0. The predicted octanol–water partition coefficient (Wildman–Crippen LogP) is 1.78. The van der Waals surface area contributed by atoms with Crippen molar-refractivity contribution in [2.45, 2.75) is 50.4 Å². The van der Waals surface area contributed by atoms with Crippen LogP contribution >= 0.6 is 0 Å². The standard InChI is InChI=1S/C9H17F3N2/c1-6(9(10,11)12)8(14)4-2-7(13)3-5-8/h6-7H,2-5,13-14H2,1H3/t6-,7?,8?/m0/s1. The van der Waals surface area contributed by atoms with Crippen molar-refractivity contribution < 1.29 is 13.2 Å². The average Bonchev–Trinajstić information content (AvgIpc) is 2.08. The topological polar surface area (TPSA) is 52.0 Å².